The summed E-state index contributed by atoms with van der Waals surface area (Å²) in [5.74, 6) is 0.560. The quantitative estimate of drug-likeness (QED) is 0.809. The van der Waals surface area contributed by atoms with Gasteiger partial charge in [0.05, 0.1) is 12.1 Å². The molecule has 6 heteroatoms. The Morgan fingerprint density at radius 2 is 2.04 bits per heavy atom. The number of benzene rings is 1. The van der Waals surface area contributed by atoms with Gasteiger partial charge in [0.1, 0.15) is 11.9 Å². The van der Waals surface area contributed by atoms with Gasteiger partial charge >= 0.3 is 0 Å². The minimum Gasteiger partial charge on any atom is -0.488 e. The van der Waals surface area contributed by atoms with Gasteiger partial charge in [0.25, 0.3) is 11.5 Å². The Labute approximate surface area is 149 Å². The summed E-state index contributed by atoms with van der Waals surface area (Å²) in [7, 11) is 1.73. The third-order valence-electron chi connectivity index (χ3n) is 4.32. The number of ether oxygens (including phenoxy) is 1. The summed E-state index contributed by atoms with van der Waals surface area (Å²) >= 11 is 3.42. The molecule has 1 amide bonds. The predicted molar refractivity (Wildman–Crippen MR) is 95.5 cm³/mol. The fourth-order valence-corrected chi connectivity index (χ4v) is 3.27. The van der Waals surface area contributed by atoms with Crippen LogP contribution in [0.15, 0.2) is 45.7 Å². The van der Waals surface area contributed by atoms with Crippen LogP contribution in [0.5, 0.6) is 5.75 Å². The molecular weight excluding hydrogens is 372 g/mol. The van der Waals surface area contributed by atoms with E-state index in [9.17, 15) is 9.59 Å². The van der Waals surface area contributed by atoms with Crippen LogP contribution in [0.3, 0.4) is 0 Å². The normalized spacial score (nSPS) is 17.1. The molecular formula is C18H19BrN2O3. The number of halogens is 1. The molecule has 1 aliphatic heterocycles. The molecule has 1 aromatic carbocycles. The van der Waals surface area contributed by atoms with Crippen LogP contribution in [-0.4, -0.2) is 34.6 Å². The average Bonchev–Trinajstić information content (AvgIpc) is 3.01. The lowest BCUT2D eigenvalue weighted by molar-refractivity contribution is 0.0771. The molecule has 24 heavy (non-hydrogen) atoms. The molecule has 3 rings (SSSR count). The lowest BCUT2D eigenvalue weighted by Gasteiger charge is -2.18. The van der Waals surface area contributed by atoms with Crippen molar-refractivity contribution in [1.29, 1.82) is 0 Å². The third kappa shape index (κ3) is 3.38. The van der Waals surface area contributed by atoms with Gasteiger partial charge in [0, 0.05) is 36.2 Å². The maximum absolute atomic E-state index is 12.6. The molecule has 0 bridgehead atoms. The van der Waals surface area contributed by atoms with Gasteiger partial charge in [-0.3, -0.25) is 9.59 Å². The zero-order chi connectivity index (χ0) is 17.3. The van der Waals surface area contributed by atoms with Crippen molar-refractivity contribution in [2.75, 3.05) is 13.1 Å². The molecule has 1 atom stereocenters. The number of hydrogen-bond donors (Lipinski definition) is 0. The van der Waals surface area contributed by atoms with Crippen molar-refractivity contribution in [3.05, 3.63) is 62.5 Å². The molecule has 0 aliphatic carbocycles. The minimum absolute atomic E-state index is 0.00580. The molecule has 1 aliphatic rings. The summed E-state index contributed by atoms with van der Waals surface area (Å²) in [5, 5.41) is 0. The SMILES string of the molecule is Cc1cc(OC2CCN(C(=O)c3ccccc3Br)C2)cc(=O)n1C. The summed E-state index contributed by atoms with van der Waals surface area (Å²) in [6, 6.07) is 10.7. The van der Waals surface area contributed by atoms with Gasteiger partial charge < -0.3 is 14.2 Å². The molecule has 126 valence electrons. The molecule has 0 N–H and O–H groups in total. The van der Waals surface area contributed by atoms with E-state index in [-0.39, 0.29) is 17.6 Å². The lowest BCUT2D eigenvalue weighted by atomic mass is 10.2. The molecule has 2 heterocycles. The second kappa shape index (κ2) is 6.81. The fraction of sp³-hybridized carbons (Fsp3) is 0.333. The van der Waals surface area contributed by atoms with E-state index >= 15 is 0 Å². The molecule has 0 radical (unpaired) electrons. The van der Waals surface area contributed by atoms with Gasteiger partial charge in [-0.05, 0) is 41.1 Å². The summed E-state index contributed by atoms with van der Waals surface area (Å²) in [4.78, 5) is 26.2. The van der Waals surface area contributed by atoms with E-state index < -0.39 is 0 Å². The van der Waals surface area contributed by atoms with Gasteiger partial charge in [-0.15, -0.1) is 0 Å². The number of amides is 1. The zero-order valence-electron chi connectivity index (χ0n) is 13.7. The molecule has 0 spiro atoms. The smallest absolute Gasteiger partial charge is 0.255 e. The number of aromatic nitrogens is 1. The van der Waals surface area contributed by atoms with Crippen molar-refractivity contribution in [1.82, 2.24) is 9.47 Å². The number of hydrogen-bond acceptors (Lipinski definition) is 3. The standard InChI is InChI=1S/C18H19BrN2O3/c1-12-9-14(10-17(22)20(12)2)24-13-7-8-21(11-13)18(23)15-5-3-4-6-16(15)19/h3-6,9-10,13H,7-8,11H2,1-2H3. The largest absolute Gasteiger partial charge is 0.488 e. The summed E-state index contributed by atoms with van der Waals surface area (Å²) < 4.78 is 8.29. The van der Waals surface area contributed by atoms with Crippen LogP contribution in [0.4, 0.5) is 0 Å². The maximum Gasteiger partial charge on any atom is 0.255 e. The van der Waals surface area contributed by atoms with Crippen LogP contribution in [0.1, 0.15) is 22.5 Å². The Morgan fingerprint density at radius 1 is 1.29 bits per heavy atom. The first-order valence-corrected chi connectivity index (χ1v) is 8.63. The fourth-order valence-electron chi connectivity index (χ4n) is 2.81. The Morgan fingerprint density at radius 3 is 2.75 bits per heavy atom. The second-order valence-electron chi connectivity index (χ2n) is 5.99. The summed E-state index contributed by atoms with van der Waals surface area (Å²) in [5.41, 5.74) is 1.41. The van der Waals surface area contributed by atoms with E-state index in [1.54, 1.807) is 16.5 Å². The van der Waals surface area contributed by atoms with Crippen molar-refractivity contribution in [2.24, 2.45) is 7.05 Å². The van der Waals surface area contributed by atoms with Gasteiger partial charge in [0.15, 0.2) is 0 Å². The van der Waals surface area contributed by atoms with Crippen LogP contribution < -0.4 is 10.3 Å². The Balaban J connectivity index is 1.69. The van der Waals surface area contributed by atoms with Crippen molar-refractivity contribution >= 4 is 21.8 Å². The number of carbonyl (C=O) groups is 1. The van der Waals surface area contributed by atoms with Crippen LogP contribution in [0, 0.1) is 6.92 Å². The topological polar surface area (TPSA) is 51.5 Å². The second-order valence-corrected chi connectivity index (χ2v) is 6.84. The Hall–Kier alpha value is -2.08. The van der Waals surface area contributed by atoms with Gasteiger partial charge in [0.2, 0.25) is 0 Å². The van der Waals surface area contributed by atoms with Crippen molar-refractivity contribution in [3.63, 3.8) is 0 Å². The van der Waals surface area contributed by atoms with E-state index in [4.69, 9.17) is 4.74 Å². The molecule has 1 saturated heterocycles. The van der Waals surface area contributed by atoms with Crippen molar-refractivity contribution in [2.45, 2.75) is 19.4 Å². The first-order chi connectivity index (χ1) is 11.5. The number of rotatable bonds is 3. The van der Waals surface area contributed by atoms with Crippen LogP contribution in [-0.2, 0) is 7.05 Å². The highest BCUT2D eigenvalue weighted by molar-refractivity contribution is 9.10. The first kappa shape index (κ1) is 16.8. The maximum atomic E-state index is 12.6. The summed E-state index contributed by atoms with van der Waals surface area (Å²) in [6.45, 7) is 3.04. The highest BCUT2D eigenvalue weighted by Gasteiger charge is 2.29. The monoisotopic (exact) mass is 390 g/mol. The summed E-state index contributed by atoms with van der Waals surface area (Å²) in [6.07, 6.45) is 0.660. The van der Waals surface area contributed by atoms with E-state index in [0.717, 1.165) is 16.6 Å². The van der Waals surface area contributed by atoms with Gasteiger partial charge in [-0.1, -0.05) is 12.1 Å². The number of likely N-dealkylation sites (tertiary alicyclic amines) is 1. The minimum atomic E-state index is -0.0945. The van der Waals surface area contributed by atoms with Crippen LogP contribution in [0.25, 0.3) is 0 Å². The number of pyridine rings is 1. The van der Waals surface area contributed by atoms with Gasteiger partial charge in [-0.25, -0.2) is 0 Å². The number of nitrogens with zero attached hydrogens (tertiary/aromatic N) is 2. The van der Waals surface area contributed by atoms with Crippen LogP contribution >= 0.6 is 15.9 Å². The van der Waals surface area contributed by atoms with Crippen LogP contribution in [0.2, 0.25) is 0 Å². The number of aryl methyl sites for hydroxylation is 1. The average molecular weight is 391 g/mol. The molecule has 2 aromatic rings. The number of carbonyl (C=O) groups excluding carboxylic acids is 1. The highest BCUT2D eigenvalue weighted by Crippen LogP contribution is 2.23. The highest BCUT2D eigenvalue weighted by atomic mass is 79.9. The Bertz CT molecular complexity index is 831. The molecule has 0 saturated carbocycles. The molecule has 1 unspecified atom stereocenters. The Kier molecular flexibility index (Phi) is 4.76. The zero-order valence-corrected chi connectivity index (χ0v) is 15.2. The van der Waals surface area contributed by atoms with Gasteiger partial charge in [-0.2, -0.15) is 0 Å². The lowest BCUT2D eigenvalue weighted by Crippen LogP contribution is -2.31. The first-order valence-electron chi connectivity index (χ1n) is 7.84. The molecule has 1 aromatic heterocycles. The molecule has 5 nitrogen and oxygen atoms in total. The van der Waals surface area contributed by atoms with Crippen molar-refractivity contribution in [3.8, 4) is 5.75 Å². The predicted octanol–water partition coefficient (Wildman–Crippen LogP) is 2.75. The third-order valence-corrected chi connectivity index (χ3v) is 5.01. The van der Waals surface area contributed by atoms with E-state index in [1.807, 2.05) is 37.3 Å². The van der Waals surface area contributed by atoms with E-state index in [0.29, 0.717) is 24.4 Å². The van der Waals surface area contributed by atoms with E-state index in [1.165, 1.54) is 6.07 Å². The molecule has 1 fully saturated rings. The van der Waals surface area contributed by atoms with Crippen molar-refractivity contribution < 1.29 is 9.53 Å². The van der Waals surface area contributed by atoms with E-state index in [2.05, 4.69) is 15.9 Å².